The van der Waals surface area contributed by atoms with Crippen molar-refractivity contribution in [2.75, 3.05) is 7.11 Å². The van der Waals surface area contributed by atoms with E-state index < -0.39 is 5.97 Å². The highest BCUT2D eigenvalue weighted by Gasteiger charge is 2.21. The minimum absolute atomic E-state index is 0.191. The largest absolute Gasteiger partial charge is 0.464 e. The van der Waals surface area contributed by atoms with Gasteiger partial charge in [0.05, 0.1) is 28.9 Å². The topological polar surface area (TPSA) is 44.1 Å². The molecule has 2 aromatic carbocycles. The zero-order chi connectivity index (χ0) is 19.7. The minimum Gasteiger partial charge on any atom is -0.464 e. The zero-order valence-electron chi connectivity index (χ0n) is 15.0. The van der Waals surface area contributed by atoms with E-state index in [1.165, 1.54) is 7.11 Å². The molecule has 1 unspecified atom stereocenters. The third-order valence-electron chi connectivity index (χ3n) is 4.38. The van der Waals surface area contributed by atoms with E-state index in [1.807, 2.05) is 38.1 Å². The Morgan fingerprint density at radius 2 is 1.74 bits per heavy atom. The Morgan fingerprint density at radius 1 is 1.04 bits per heavy atom. The third-order valence-corrected chi connectivity index (χ3v) is 5.54. The molecule has 0 amide bonds. The maximum Gasteiger partial charge on any atom is 0.358 e. The van der Waals surface area contributed by atoms with E-state index in [1.54, 1.807) is 22.9 Å². The fourth-order valence-electron chi connectivity index (χ4n) is 2.83. The number of methoxy groups -OCH3 is 1. The van der Waals surface area contributed by atoms with Gasteiger partial charge in [0.2, 0.25) is 0 Å². The number of ether oxygens (including phenoxy) is 1. The maximum absolute atomic E-state index is 12.0. The smallest absolute Gasteiger partial charge is 0.358 e. The number of carbonyl (C=O) groups is 1. The molecule has 140 valence electrons. The number of aromatic nitrogens is 2. The lowest BCUT2D eigenvalue weighted by Gasteiger charge is -2.17. The number of nitrogens with zero attached hydrogens (tertiary/aromatic N) is 2. The Balaban J connectivity index is 2.14. The molecule has 0 aliphatic carbocycles. The summed E-state index contributed by atoms with van der Waals surface area (Å²) in [5.41, 5.74) is 3.74. The lowest BCUT2D eigenvalue weighted by Crippen LogP contribution is -2.12. The van der Waals surface area contributed by atoms with Crippen molar-refractivity contribution in [2.24, 2.45) is 0 Å². The monoisotopic (exact) mass is 422 g/mol. The summed E-state index contributed by atoms with van der Waals surface area (Å²) >= 11 is 18.3. The second kappa shape index (κ2) is 7.93. The SMILES string of the molecule is COC(=O)c1cc(-c2ccc(Cl)c(C)c2)n(C(C)c2ccc(Cl)c(Cl)c2)n1. The molecule has 0 bridgehead atoms. The van der Waals surface area contributed by atoms with Gasteiger partial charge in [-0.3, -0.25) is 4.68 Å². The number of esters is 1. The molecule has 7 heteroatoms. The van der Waals surface area contributed by atoms with Gasteiger partial charge in [0.15, 0.2) is 5.69 Å². The van der Waals surface area contributed by atoms with Crippen molar-refractivity contribution in [1.29, 1.82) is 0 Å². The Labute approximate surface area is 172 Å². The number of rotatable bonds is 4. The second-order valence-electron chi connectivity index (χ2n) is 6.16. The fraction of sp³-hybridized carbons (Fsp3) is 0.200. The van der Waals surface area contributed by atoms with E-state index in [0.29, 0.717) is 15.1 Å². The molecule has 1 aromatic heterocycles. The summed E-state index contributed by atoms with van der Waals surface area (Å²) in [6.07, 6.45) is 0. The first kappa shape index (κ1) is 19.7. The molecule has 0 radical (unpaired) electrons. The summed E-state index contributed by atoms with van der Waals surface area (Å²) in [5.74, 6) is -0.498. The summed E-state index contributed by atoms with van der Waals surface area (Å²) in [4.78, 5) is 12.0. The van der Waals surface area contributed by atoms with Crippen molar-refractivity contribution in [3.8, 4) is 11.3 Å². The fourth-order valence-corrected chi connectivity index (χ4v) is 3.25. The molecular formula is C20H17Cl3N2O2. The van der Waals surface area contributed by atoms with E-state index in [2.05, 4.69) is 5.10 Å². The van der Waals surface area contributed by atoms with Crippen molar-refractivity contribution >= 4 is 40.8 Å². The Morgan fingerprint density at radius 3 is 2.37 bits per heavy atom. The Hall–Kier alpha value is -2.01. The molecule has 0 spiro atoms. The average Bonchev–Trinajstić information content (AvgIpc) is 3.10. The molecule has 3 aromatic rings. The number of aryl methyl sites for hydroxylation is 1. The third kappa shape index (κ3) is 3.98. The van der Waals surface area contributed by atoms with Crippen LogP contribution in [0.5, 0.6) is 0 Å². The van der Waals surface area contributed by atoms with Gasteiger partial charge in [-0.25, -0.2) is 4.79 Å². The van der Waals surface area contributed by atoms with Gasteiger partial charge in [-0.05, 0) is 55.3 Å². The van der Waals surface area contributed by atoms with Gasteiger partial charge >= 0.3 is 5.97 Å². The number of hydrogen-bond acceptors (Lipinski definition) is 3. The summed E-state index contributed by atoms with van der Waals surface area (Å²) in [5, 5.41) is 6.09. The van der Waals surface area contributed by atoms with Gasteiger partial charge < -0.3 is 4.74 Å². The van der Waals surface area contributed by atoms with Crippen LogP contribution >= 0.6 is 34.8 Å². The van der Waals surface area contributed by atoms with Crippen LogP contribution in [0.15, 0.2) is 42.5 Å². The van der Waals surface area contributed by atoms with E-state index in [9.17, 15) is 4.79 Å². The quantitative estimate of drug-likeness (QED) is 0.468. The first-order valence-electron chi connectivity index (χ1n) is 8.21. The van der Waals surface area contributed by atoms with Crippen LogP contribution in [0.1, 0.15) is 34.6 Å². The molecule has 0 fully saturated rings. The van der Waals surface area contributed by atoms with Crippen LogP contribution in [0, 0.1) is 6.92 Å². The predicted octanol–water partition coefficient (Wildman–Crippen LogP) is 6.21. The van der Waals surface area contributed by atoms with Crippen molar-refractivity contribution in [3.63, 3.8) is 0 Å². The summed E-state index contributed by atoms with van der Waals surface area (Å²) in [6.45, 7) is 3.90. The number of carbonyl (C=O) groups excluding carboxylic acids is 1. The van der Waals surface area contributed by atoms with Crippen molar-refractivity contribution in [2.45, 2.75) is 19.9 Å². The standard InChI is InChI=1S/C20H17Cl3N2O2/c1-11-8-14(5-6-15(11)21)19-10-18(20(26)27-3)24-25(19)12(2)13-4-7-16(22)17(23)9-13/h4-10,12H,1-3H3. The predicted molar refractivity (Wildman–Crippen MR) is 109 cm³/mol. The van der Waals surface area contributed by atoms with Gasteiger partial charge in [0.1, 0.15) is 0 Å². The number of hydrogen-bond donors (Lipinski definition) is 0. The van der Waals surface area contributed by atoms with Crippen LogP contribution in [0.3, 0.4) is 0 Å². The van der Waals surface area contributed by atoms with Gasteiger partial charge in [-0.15, -0.1) is 0 Å². The second-order valence-corrected chi connectivity index (χ2v) is 7.39. The van der Waals surface area contributed by atoms with Gasteiger partial charge in [-0.1, -0.05) is 46.9 Å². The molecule has 0 aliphatic rings. The molecule has 1 heterocycles. The molecule has 0 N–H and O–H groups in total. The summed E-state index contributed by atoms with van der Waals surface area (Å²) < 4.78 is 6.60. The Kier molecular flexibility index (Phi) is 5.80. The highest BCUT2D eigenvalue weighted by atomic mass is 35.5. The molecule has 1 atom stereocenters. The van der Waals surface area contributed by atoms with Crippen molar-refractivity contribution in [1.82, 2.24) is 9.78 Å². The van der Waals surface area contributed by atoms with Crippen LogP contribution in [-0.4, -0.2) is 22.9 Å². The first-order chi connectivity index (χ1) is 12.8. The average molecular weight is 424 g/mol. The van der Waals surface area contributed by atoms with Crippen LogP contribution in [0.4, 0.5) is 0 Å². The molecule has 27 heavy (non-hydrogen) atoms. The maximum atomic E-state index is 12.0. The highest BCUT2D eigenvalue weighted by molar-refractivity contribution is 6.42. The minimum atomic E-state index is -0.498. The van der Waals surface area contributed by atoms with E-state index >= 15 is 0 Å². The van der Waals surface area contributed by atoms with Gasteiger partial charge in [-0.2, -0.15) is 5.10 Å². The van der Waals surface area contributed by atoms with Gasteiger partial charge in [0.25, 0.3) is 0 Å². The van der Waals surface area contributed by atoms with Crippen molar-refractivity contribution < 1.29 is 9.53 Å². The van der Waals surface area contributed by atoms with E-state index in [0.717, 1.165) is 22.4 Å². The number of benzene rings is 2. The highest BCUT2D eigenvalue weighted by Crippen LogP contribution is 2.32. The first-order valence-corrected chi connectivity index (χ1v) is 9.34. The van der Waals surface area contributed by atoms with Crippen LogP contribution in [0.25, 0.3) is 11.3 Å². The molecule has 4 nitrogen and oxygen atoms in total. The molecule has 3 rings (SSSR count). The lowest BCUT2D eigenvalue weighted by molar-refractivity contribution is 0.0593. The summed E-state index contributed by atoms with van der Waals surface area (Å²) in [7, 11) is 1.33. The lowest BCUT2D eigenvalue weighted by atomic mass is 10.1. The van der Waals surface area contributed by atoms with Crippen LogP contribution in [-0.2, 0) is 4.74 Å². The van der Waals surface area contributed by atoms with Crippen LogP contribution < -0.4 is 0 Å². The molecule has 0 saturated heterocycles. The van der Waals surface area contributed by atoms with E-state index in [-0.39, 0.29) is 11.7 Å². The van der Waals surface area contributed by atoms with Gasteiger partial charge in [0, 0.05) is 10.6 Å². The van der Waals surface area contributed by atoms with E-state index in [4.69, 9.17) is 39.5 Å². The molecular weight excluding hydrogens is 407 g/mol. The van der Waals surface area contributed by atoms with Crippen LogP contribution in [0.2, 0.25) is 15.1 Å². The molecule has 0 aliphatic heterocycles. The zero-order valence-corrected chi connectivity index (χ0v) is 17.2. The molecule has 0 saturated carbocycles. The number of halogens is 3. The Bertz CT molecular complexity index is 1010. The van der Waals surface area contributed by atoms with Crippen molar-refractivity contribution in [3.05, 3.63) is 74.4 Å². The summed E-state index contributed by atoms with van der Waals surface area (Å²) in [6, 6.07) is 12.6. The normalized spacial score (nSPS) is 12.1.